The molecule has 2 rings (SSSR count). The van der Waals surface area contributed by atoms with Crippen LogP contribution in [0.5, 0.6) is 0 Å². The molecule has 2 nitrogen and oxygen atoms in total. The number of ether oxygens (including phenoxy) is 1. The molecule has 0 radical (unpaired) electrons. The average molecular weight is 238 g/mol. The van der Waals surface area contributed by atoms with Gasteiger partial charge in [0.15, 0.2) is 0 Å². The van der Waals surface area contributed by atoms with E-state index in [9.17, 15) is 4.79 Å². The van der Waals surface area contributed by atoms with Gasteiger partial charge in [0.2, 0.25) is 0 Å². The van der Waals surface area contributed by atoms with Gasteiger partial charge in [-0.3, -0.25) is 4.79 Å². The van der Waals surface area contributed by atoms with Crippen LogP contribution in [0.15, 0.2) is 0 Å². The Hall–Kier alpha value is -0.370. The van der Waals surface area contributed by atoms with Crippen LogP contribution in [0.2, 0.25) is 0 Å². The number of hydrogen-bond acceptors (Lipinski definition) is 2. The van der Waals surface area contributed by atoms with Crippen molar-refractivity contribution >= 4 is 5.78 Å². The van der Waals surface area contributed by atoms with Gasteiger partial charge in [0.25, 0.3) is 0 Å². The van der Waals surface area contributed by atoms with E-state index in [-0.39, 0.29) is 0 Å². The smallest absolute Gasteiger partial charge is 0.139 e. The summed E-state index contributed by atoms with van der Waals surface area (Å²) in [5.41, 5.74) is 0. The molecule has 0 amide bonds. The minimum Gasteiger partial charge on any atom is -0.381 e. The second kappa shape index (κ2) is 6.53. The highest BCUT2D eigenvalue weighted by atomic mass is 16.5. The molecule has 0 aromatic heterocycles. The molecule has 2 fully saturated rings. The predicted octanol–water partition coefficient (Wildman–Crippen LogP) is 3.59. The second-order valence-electron chi connectivity index (χ2n) is 5.80. The zero-order chi connectivity index (χ0) is 12.1. The molecular weight excluding hydrogens is 212 g/mol. The van der Waals surface area contributed by atoms with Crippen molar-refractivity contribution < 1.29 is 9.53 Å². The highest BCUT2D eigenvalue weighted by molar-refractivity contribution is 5.83. The molecule has 1 heterocycles. The quantitative estimate of drug-likeness (QED) is 0.748. The van der Waals surface area contributed by atoms with E-state index in [2.05, 4.69) is 6.92 Å². The Morgan fingerprint density at radius 3 is 2.18 bits per heavy atom. The first-order chi connectivity index (χ1) is 8.31. The van der Waals surface area contributed by atoms with Gasteiger partial charge in [0, 0.05) is 25.0 Å². The van der Waals surface area contributed by atoms with Crippen LogP contribution in [-0.4, -0.2) is 19.0 Å². The average Bonchev–Trinajstić information content (AvgIpc) is 2.40. The number of carbonyl (C=O) groups is 1. The molecule has 2 heteroatoms. The van der Waals surface area contributed by atoms with Crippen LogP contribution in [0.1, 0.15) is 58.3 Å². The summed E-state index contributed by atoms with van der Waals surface area (Å²) in [5.74, 6) is 2.16. The third kappa shape index (κ3) is 3.54. The van der Waals surface area contributed by atoms with Crippen LogP contribution in [-0.2, 0) is 9.53 Å². The van der Waals surface area contributed by atoms with Crippen LogP contribution in [0, 0.1) is 17.8 Å². The van der Waals surface area contributed by atoms with Gasteiger partial charge in [0.05, 0.1) is 0 Å². The van der Waals surface area contributed by atoms with Crippen molar-refractivity contribution in [2.75, 3.05) is 13.2 Å². The molecule has 0 unspecified atom stereocenters. The molecule has 1 aliphatic carbocycles. The van der Waals surface area contributed by atoms with E-state index in [0.717, 1.165) is 44.8 Å². The lowest BCUT2D eigenvalue weighted by Gasteiger charge is -2.31. The van der Waals surface area contributed by atoms with Crippen molar-refractivity contribution in [1.82, 2.24) is 0 Å². The topological polar surface area (TPSA) is 26.3 Å². The Kier molecular flexibility index (Phi) is 5.02. The van der Waals surface area contributed by atoms with Crippen molar-refractivity contribution in [3.05, 3.63) is 0 Å². The monoisotopic (exact) mass is 238 g/mol. The van der Waals surface area contributed by atoms with Gasteiger partial charge in [-0.25, -0.2) is 0 Å². The van der Waals surface area contributed by atoms with Crippen LogP contribution < -0.4 is 0 Å². The summed E-state index contributed by atoms with van der Waals surface area (Å²) < 4.78 is 5.33. The molecule has 0 aromatic rings. The molecule has 0 atom stereocenters. The zero-order valence-electron chi connectivity index (χ0n) is 11.1. The number of hydrogen-bond donors (Lipinski definition) is 0. The van der Waals surface area contributed by atoms with E-state index in [1.807, 2.05) is 0 Å². The van der Waals surface area contributed by atoms with Crippen molar-refractivity contribution in [1.29, 1.82) is 0 Å². The van der Waals surface area contributed by atoms with Crippen molar-refractivity contribution in [3.8, 4) is 0 Å². The fourth-order valence-electron chi connectivity index (χ4n) is 3.46. The van der Waals surface area contributed by atoms with E-state index in [1.54, 1.807) is 0 Å². The first-order valence-corrected chi connectivity index (χ1v) is 7.42. The SMILES string of the molecule is CCCC1CCC(C(=O)C2CCOCC2)CC1. The molecule has 17 heavy (non-hydrogen) atoms. The molecule has 1 aliphatic heterocycles. The molecule has 98 valence electrons. The van der Waals surface area contributed by atoms with E-state index in [1.165, 1.54) is 25.7 Å². The third-order valence-electron chi connectivity index (χ3n) is 4.57. The minimum atomic E-state index is 0.316. The fourth-order valence-corrected chi connectivity index (χ4v) is 3.46. The number of rotatable bonds is 4. The lowest BCUT2D eigenvalue weighted by Crippen LogP contribution is -2.31. The molecule has 2 aliphatic rings. The van der Waals surface area contributed by atoms with Gasteiger partial charge in [0.1, 0.15) is 5.78 Å². The zero-order valence-corrected chi connectivity index (χ0v) is 11.1. The number of carbonyl (C=O) groups excluding carboxylic acids is 1. The van der Waals surface area contributed by atoms with Crippen LogP contribution >= 0.6 is 0 Å². The van der Waals surface area contributed by atoms with Crippen LogP contribution in [0.4, 0.5) is 0 Å². The Morgan fingerprint density at radius 2 is 1.59 bits per heavy atom. The largest absolute Gasteiger partial charge is 0.381 e. The lowest BCUT2D eigenvalue weighted by molar-refractivity contribution is -0.131. The summed E-state index contributed by atoms with van der Waals surface area (Å²) in [6, 6.07) is 0. The van der Waals surface area contributed by atoms with Gasteiger partial charge in [-0.05, 0) is 44.4 Å². The Bertz CT molecular complexity index is 235. The molecule has 1 saturated heterocycles. The Balaban J connectivity index is 1.77. The highest BCUT2D eigenvalue weighted by Gasteiger charge is 2.31. The summed E-state index contributed by atoms with van der Waals surface area (Å²) in [6.45, 7) is 3.85. The normalized spacial score (nSPS) is 31.4. The summed E-state index contributed by atoms with van der Waals surface area (Å²) >= 11 is 0. The maximum atomic E-state index is 12.4. The maximum absolute atomic E-state index is 12.4. The first kappa shape index (κ1) is 13.1. The molecular formula is C15H26O2. The molecule has 0 N–H and O–H groups in total. The third-order valence-corrected chi connectivity index (χ3v) is 4.57. The van der Waals surface area contributed by atoms with Gasteiger partial charge in [-0.15, -0.1) is 0 Å². The summed E-state index contributed by atoms with van der Waals surface area (Å²) in [7, 11) is 0. The fraction of sp³-hybridized carbons (Fsp3) is 0.933. The molecule has 0 bridgehead atoms. The van der Waals surface area contributed by atoms with E-state index < -0.39 is 0 Å². The number of ketones is 1. The van der Waals surface area contributed by atoms with Crippen LogP contribution in [0.25, 0.3) is 0 Å². The first-order valence-electron chi connectivity index (χ1n) is 7.42. The molecule has 0 aromatic carbocycles. The van der Waals surface area contributed by atoms with Crippen molar-refractivity contribution in [2.24, 2.45) is 17.8 Å². The number of Topliss-reactive ketones (excluding diaryl/α,β-unsaturated/α-hetero) is 1. The summed E-state index contributed by atoms with van der Waals surface area (Å²) in [5, 5.41) is 0. The van der Waals surface area contributed by atoms with Crippen molar-refractivity contribution in [3.63, 3.8) is 0 Å². The van der Waals surface area contributed by atoms with Gasteiger partial charge < -0.3 is 4.74 Å². The minimum absolute atomic E-state index is 0.316. The van der Waals surface area contributed by atoms with Crippen molar-refractivity contribution in [2.45, 2.75) is 58.3 Å². The van der Waals surface area contributed by atoms with Gasteiger partial charge >= 0.3 is 0 Å². The molecule has 0 spiro atoms. The van der Waals surface area contributed by atoms with Gasteiger partial charge in [-0.2, -0.15) is 0 Å². The summed E-state index contributed by atoms with van der Waals surface area (Å²) in [6.07, 6.45) is 9.46. The van der Waals surface area contributed by atoms with Crippen LogP contribution in [0.3, 0.4) is 0 Å². The molecule has 1 saturated carbocycles. The maximum Gasteiger partial charge on any atom is 0.139 e. The lowest BCUT2D eigenvalue weighted by atomic mass is 9.75. The van der Waals surface area contributed by atoms with E-state index in [0.29, 0.717) is 17.6 Å². The summed E-state index contributed by atoms with van der Waals surface area (Å²) in [4.78, 5) is 12.4. The van der Waals surface area contributed by atoms with E-state index in [4.69, 9.17) is 4.74 Å². The Labute approximate surface area is 105 Å². The predicted molar refractivity (Wildman–Crippen MR) is 68.9 cm³/mol. The highest BCUT2D eigenvalue weighted by Crippen LogP contribution is 2.34. The Morgan fingerprint density at radius 1 is 1.00 bits per heavy atom. The second-order valence-corrected chi connectivity index (χ2v) is 5.80. The standard InChI is InChI=1S/C15H26O2/c1-2-3-12-4-6-13(7-5-12)15(16)14-8-10-17-11-9-14/h12-14H,2-11H2,1H3. The van der Waals surface area contributed by atoms with Gasteiger partial charge in [-0.1, -0.05) is 19.8 Å². The van der Waals surface area contributed by atoms with E-state index >= 15 is 0 Å².